The van der Waals surface area contributed by atoms with Crippen molar-refractivity contribution in [3.8, 4) is 0 Å². The van der Waals surface area contributed by atoms with Gasteiger partial charge in [-0.05, 0) is 57.0 Å². The van der Waals surface area contributed by atoms with Gasteiger partial charge in [0.15, 0.2) is 0 Å². The molecule has 0 saturated carbocycles. The Balaban J connectivity index is 1.92. The number of hydrogen-bond donors (Lipinski definition) is 3. The summed E-state index contributed by atoms with van der Waals surface area (Å²) >= 11 is 0. The van der Waals surface area contributed by atoms with Crippen LogP contribution < -0.4 is 16.4 Å². The Hall–Kier alpha value is -2.35. The number of nitrogens with one attached hydrogen (secondary N) is 2. The predicted molar refractivity (Wildman–Crippen MR) is 94.7 cm³/mol. The zero-order chi connectivity index (χ0) is 18.9. The molecule has 0 radical (unpaired) electrons. The molecule has 0 fully saturated rings. The lowest BCUT2D eigenvalue weighted by Crippen LogP contribution is -2.17. The van der Waals surface area contributed by atoms with Crippen LogP contribution in [0.1, 0.15) is 47.6 Å². The average Bonchev–Trinajstić information content (AvgIpc) is 2.78. The van der Waals surface area contributed by atoms with Gasteiger partial charge < -0.3 is 16.4 Å². The normalized spacial score (nSPS) is 15.9. The molecule has 140 valence electrons. The second-order valence-corrected chi connectivity index (χ2v) is 6.58. The van der Waals surface area contributed by atoms with Crippen molar-refractivity contribution in [1.29, 1.82) is 0 Å². The average molecular weight is 365 g/mol. The molecule has 4 N–H and O–H groups in total. The summed E-state index contributed by atoms with van der Waals surface area (Å²) in [5, 5.41) is 6.57. The number of alkyl halides is 3. The van der Waals surface area contributed by atoms with Gasteiger partial charge in [-0.3, -0.25) is 0 Å². The van der Waals surface area contributed by atoms with E-state index in [-0.39, 0.29) is 11.7 Å². The Kier molecular flexibility index (Phi) is 5.04. The lowest BCUT2D eigenvalue weighted by molar-refractivity contribution is -0.137. The van der Waals surface area contributed by atoms with Gasteiger partial charge in [0.05, 0.1) is 17.3 Å². The van der Waals surface area contributed by atoms with Crippen molar-refractivity contribution in [2.24, 2.45) is 0 Å². The highest BCUT2D eigenvalue weighted by molar-refractivity contribution is 5.52. The van der Waals surface area contributed by atoms with Crippen LogP contribution in [0.4, 0.5) is 24.7 Å². The minimum atomic E-state index is -4.43. The fourth-order valence-corrected chi connectivity index (χ4v) is 3.14. The van der Waals surface area contributed by atoms with E-state index < -0.39 is 11.7 Å². The number of hydrogen-bond acceptors (Lipinski definition) is 5. The zero-order valence-corrected chi connectivity index (χ0v) is 14.7. The Labute approximate surface area is 150 Å². The lowest BCUT2D eigenvalue weighted by atomic mass is 10.0. The molecule has 3 rings (SSSR count). The number of aromatic nitrogens is 2. The molecule has 0 unspecified atom stereocenters. The Morgan fingerprint density at radius 1 is 1.23 bits per heavy atom. The van der Waals surface area contributed by atoms with Crippen LogP contribution in [-0.2, 0) is 19.1 Å². The van der Waals surface area contributed by atoms with Crippen LogP contribution in [0.3, 0.4) is 0 Å². The summed E-state index contributed by atoms with van der Waals surface area (Å²) in [6.45, 7) is 5.14. The van der Waals surface area contributed by atoms with Crippen molar-refractivity contribution in [1.82, 2.24) is 15.3 Å². The summed E-state index contributed by atoms with van der Waals surface area (Å²) in [7, 11) is 0. The molecule has 1 aromatic heterocycles. The lowest BCUT2D eigenvalue weighted by Gasteiger charge is -2.20. The maximum atomic E-state index is 13.1. The molecule has 1 aliphatic rings. The van der Waals surface area contributed by atoms with Gasteiger partial charge in [-0.15, -0.1) is 0 Å². The van der Waals surface area contributed by atoms with E-state index in [0.29, 0.717) is 23.8 Å². The Bertz CT molecular complexity index is 804. The number of benzene rings is 1. The van der Waals surface area contributed by atoms with E-state index in [9.17, 15) is 13.2 Å². The van der Waals surface area contributed by atoms with Crippen molar-refractivity contribution in [2.75, 3.05) is 17.6 Å². The molecule has 5 nitrogen and oxygen atoms in total. The molecule has 0 amide bonds. The van der Waals surface area contributed by atoms with Crippen LogP contribution in [0.15, 0.2) is 18.2 Å². The first kappa shape index (κ1) is 18.4. The van der Waals surface area contributed by atoms with Crippen LogP contribution in [0.25, 0.3) is 0 Å². The van der Waals surface area contributed by atoms with Crippen molar-refractivity contribution in [3.63, 3.8) is 0 Å². The molecule has 26 heavy (non-hydrogen) atoms. The van der Waals surface area contributed by atoms with Crippen LogP contribution in [-0.4, -0.2) is 16.5 Å². The quantitative estimate of drug-likeness (QED) is 0.725. The summed E-state index contributed by atoms with van der Waals surface area (Å²) in [6, 6.07) is 3.24. The van der Waals surface area contributed by atoms with Gasteiger partial charge in [-0.2, -0.15) is 13.2 Å². The van der Waals surface area contributed by atoms with E-state index in [1.54, 1.807) is 13.0 Å². The number of rotatable bonds is 3. The highest BCUT2D eigenvalue weighted by atomic mass is 19.4. The van der Waals surface area contributed by atoms with Crippen LogP contribution in [0, 0.1) is 6.92 Å². The van der Waals surface area contributed by atoms with Gasteiger partial charge in [0.25, 0.3) is 0 Å². The van der Waals surface area contributed by atoms with Crippen LogP contribution in [0.5, 0.6) is 0 Å². The molecule has 1 atom stereocenters. The Morgan fingerprint density at radius 3 is 2.73 bits per heavy atom. The number of nitrogens with two attached hydrogens (primary N) is 1. The molecule has 0 bridgehead atoms. The molecule has 0 spiro atoms. The monoisotopic (exact) mass is 365 g/mol. The first-order valence-electron chi connectivity index (χ1n) is 8.55. The smallest absolute Gasteiger partial charge is 0.399 e. The molecule has 8 heteroatoms. The fraction of sp³-hybridized carbons (Fsp3) is 0.444. The minimum Gasteiger partial charge on any atom is -0.399 e. The van der Waals surface area contributed by atoms with Crippen LogP contribution in [0.2, 0.25) is 0 Å². The molecular formula is C18H22F3N5. The summed E-state index contributed by atoms with van der Waals surface area (Å²) in [5.41, 5.74) is 7.44. The summed E-state index contributed by atoms with van der Waals surface area (Å²) < 4.78 is 39.2. The minimum absolute atomic E-state index is 0.0860. The standard InChI is InChI=1S/C18H22F3N5/c1-10(12-6-13(18(19,20)21)8-14(22)7-12)24-17-15-9-23-5-3-4-16(15)25-11(2)26-17/h6-8,10,23H,3-5,9,22H2,1-2H3,(H,24,25,26)/t10-/m1/s1. The SMILES string of the molecule is Cc1nc2c(c(N[C@H](C)c3cc(N)cc(C(F)(F)F)c3)n1)CNCCC2. The van der Waals surface area contributed by atoms with Crippen molar-refractivity contribution < 1.29 is 13.2 Å². The van der Waals surface area contributed by atoms with E-state index in [4.69, 9.17) is 5.73 Å². The van der Waals surface area contributed by atoms with E-state index in [1.807, 2.05) is 6.92 Å². The van der Waals surface area contributed by atoms with Gasteiger partial charge in [0.2, 0.25) is 0 Å². The van der Waals surface area contributed by atoms with Crippen LogP contribution >= 0.6 is 0 Å². The first-order valence-corrected chi connectivity index (χ1v) is 8.55. The van der Waals surface area contributed by atoms with E-state index >= 15 is 0 Å². The highest BCUT2D eigenvalue weighted by Gasteiger charge is 2.31. The molecule has 0 saturated heterocycles. The van der Waals surface area contributed by atoms with Gasteiger partial charge in [0, 0.05) is 17.8 Å². The third-order valence-electron chi connectivity index (χ3n) is 4.43. The second kappa shape index (κ2) is 7.11. The first-order chi connectivity index (χ1) is 12.2. The van der Waals surface area contributed by atoms with E-state index in [0.717, 1.165) is 42.8 Å². The van der Waals surface area contributed by atoms with Gasteiger partial charge >= 0.3 is 6.18 Å². The number of nitrogens with zero attached hydrogens (tertiary/aromatic N) is 2. The Morgan fingerprint density at radius 2 is 2.00 bits per heavy atom. The van der Waals surface area contributed by atoms with Gasteiger partial charge in [-0.25, -0.2) is 9.97 Å². The van der Waals surface area contributed by atoms with E-state index in [2.05, 4.69) is 20.6 Å². The highest BCUT2D eigenvalue weighted by Crippen LogP contribution is 2.33. The second-order valence-electron chi connectivity index (χ2n) is 6.58. The number of anilines is 2. The molecule has 0 aliphatic carbocycles. The molecule has 1 aliphatic heterocycles. The number of aryl methyl sites for hydroxylation is 2. The third-order valence-corrected chi connectivity index (χ3v) is 4.43. The van der Waals surface area contributed by atoms with E-state index in [1.165, 1.54) is 0 Å². The summed E-state index contributed by atoms with van der Waals surface area (Å²) in [5.74, 6) is 1.30. The topological polar surface area (TPSA) is 75.9 Å². The maximum Gasteiger partial charge on any atom is 0.416 e. The van der Waals surface area contributed by atoms with Crippen molar-refractivity contribution in [3.05, 3.63) is 46.4 Å². The van der Waals surface area contributed by atoms with Gasteiger partial charge in [-0.1, -0.05) is 0 Å². The largest absolute Gasteiger partial charge is 0.416 e. The number of nitrogen functional groups attached to an aromatic ring is 1. The fourth-order valence-electron chi connectivity index (χ4n) is 3.14. The number of fused-ring (bicyclic) bond motifs is 1. The molecule has 1 aromatic carbocycles. The molecule has 2 heterocycles. The third kappa shape index (κ3) is 4.07. The summed E-state index contributed by atoms with van der Waals surface area (Å²) in [4.78, 5) is 8.99. The predicted octanol–water partition coefficient (Wildman–Crippen LogP) is 3.59. The maximum absolute atomic E-state index is 13.1. The summed E-state index contributed by atoms with van der Waals surface area (Å²) in [6.07, 6.45) is -2.59. The van der Waals surface area contributed by atoms with Gasteiger partial charge in [0.1, 0.15) is 11.6 Å². The number of halogens is 3. The zero-order valence-electron chi connectivity index (χ0n) is 14.7. The van der Waals surface area contributed by atoms with Crippen molar-refractivity contribution >= 4 is 11.5 Å². The molecule has 2 aromatic rings. The molecular weight excluding hydrogens is 343 g/mol. The van der Waals surface area contributed by atoms with Crippen molar-refractivity contribution in [2.45, 2.75) is 45.5 Å².